The lowest BCUT2D eigenvalue weighted by Crippen LogP contribution is -2.01. The number of benzene rings is 1. The van der Waals surface area contributed by atoms with Crippen molar-refractivity contribution in [2.24, 2.45) is 0 Å². The molecule has 1 aromatic carbocycles. The smallest absolute Gasteiger partial charge is 0.133 e. The van der Waals surface area contributed by atoms with Crippen LogP contribution in [0.2, 0.25) is 0 Å². The van der Waals surface area contributed by atoms with E-state index in [-0.39, 0.29) is 0 Å². The van der Waals surface area contributed by atoms with Crippen LogP contribution in [0.5, 0.6) is 0 Å². The molecule has 2 heteroatoms. The van der Waals surface area contributed by atoms with Gasteiger partial charge in [0.15, 0.2) is 0 Å². The highest BCUT2D eigenvalue weighted by atomic mass is 79.9. The fourth-order valence-electron chi connectivity index (χ4n) is 1.55. The second-order valence-corrected chi connectivity index (χ2v) is 4.55. The normalized spacial score (nSPS) is 10.3. The Bertz CT molecular complexity index is 320. The number of alkyl halides is 1. The predicted octanol–water partition coefficient (Wildman–Crippen LogP) is 3.67. The fraction of sp³-hybridized carbons (Fsp3) is 0.462. The van der Waals surface area contributed by atoms with Crippen LogP contribution in [-0.4, -0.2) is 11.1 Å². The molecule has 1 rings (SSSR count). The summed E-state index contributed by atoms with van der Waals surface area (Å²) in [6.07, 6.45) is 3.22. The molecular weight excluding hydrogens is 252 g/mol. The van der Waals surface area contributed by atoms with Gasteiger partial charge >= 0.3 is 0 Å². The third kappa shape index (κ3) is 4.61. The Kier molecular flexibility index (Phi) is 5.62. The highest BCUT2D eigenvalue weighted by molar-refractivity contribution is 9.09. The van der Waals surface area contributed by atoms with E-state index in [1.807, 2.05) is 12.1 Å². The van der Waals surface area contributed by atoms with Crippen LogP contribution in [0.15, 0.2) is 24.3 Å². The first-order valence-electron chi connectivity index (χ1n) is 5.36. The lowest BCUT2D eigenvalue weighted by atomic mass is 10.0. The second kappa shape index (κ2) is 6.78. The maximum Gasteiger partial charge on any atom is 0.133 e. The number of carbonyl (C=O) groups is 1. The molecule has 0 spiro atoms. The van der Waals surface area contributed by atoms with Gasteiger partial charge in [-0.2, -0.15) is 0 Å². The van der Waals surface area contributed by atoms with Crippen molar-refractivity contribution in [1.29, 1.82) is 0 Å². The second-order valence-electron chi connectivity index (χ2n) is 3.76. The fourth-order valence-corrected chi connectivity index (χ4v) is 1.83. The monoisotopic (exact) mass is 268 g/mol. The van der Waals surface area contributed by atoms with Gasteiger partial charge in [-0.3, -0.25) is 4.79 Å². The van der Waals surface area contributed by atoms with Crippen LogP contribution >= 0.6 is 15.9 Å². The van der Waals surface area contributed by atoms with Crippen LogP contribution in [0, 0.1) is 6.92 Å². The van der Waals surface area contributed by atoms with Crippen LogP contribution in [0.25, 0.3) is 0 Å². The van der Waals surface area contributed by atoms with E-state index in [9.17, 15) is 4.79 Å². The van der Waals surface area contributed by atoms with Gasteiger partial charge in [0.1, 0.15) is 5.78 Å². The van der Waals surface area contributed by atoms with Crippen LogP contribution in [0.4, 0.5) is 0 Å². The minimum absolute atomic E-state index is 0.373. The molecule has 0 atom stereocenters. The highest BCUT2D eigenvalue weighted by Gasteiger charge is 2.03. The first-order valence-corrected chi connectivity index (χ1v) is 6.48. The SMILES string of the molecule is Cc1ccccc1CCC(=O)CCCBr. The summed E-state index contributed by atoms with van der Waals surface area (Å²) in [7, 11) is 0. The first kappa shape index (κ1) is 12.4. The lowest BCUT2D eigenvalue weighted by molar-refractivity contribution is -0.119. The van der Waals surface area contributed by atoms with E-state index in [0.29, 0.717) is 18.6 Å². The molecule has 0 amide bonds. The minimum atomic E-state index is 0.373. The van der Waals surface area contributed by atoms with Crippen molar-refractivity contribution in [3.05, 3.63) is 35.4 Å². The molecule has 0 aliphatic carbocycles. The maximum absolute atomic E-state index is 11.5. The number of hydrogen-bond acceptors (Lipinski definition) is 1. The molecule has 0 aliphatic heterocycles. The summed E-state index contributed by atoms with van der Waals surface area (Å²) in [6, 6.07) is 8.27. The Hall–Kier alpha value is -0.630. The van der Waals surface area contributed by atoms with Gasteiger partial charge in [0.25, 0.3) is 0 Å². The number of rotatable bonds is 6. The summed E-state index contributed by atoms with van der Waals surface area (Å²) in [5, 5.41) is 0.920. The van der Waals surface area contributed by atoms with E-state index in [1.54, 1.807) is 0 Å². The molecule has 0 radical (unpaired) electrons. The van der Waals surface area contributed by atoms with Crippen molar-refractivity contribution in [3.63, 3.8) is 0 Å². The van der Waals surface area contributed by atoms with Crippen LogP contribution in [0.1, 0.15) is 30.4 Å². The number of halogens is 1. The quantitative estimate of drug-likeness (QED) is 0.720. The van der Waals surface area contributed by atoms with Crippen LogP contribution < -0.4 is 0 Å². The van der Waals surface area contributed by atoms with Crippen molar-refractivity contribution < 1.29 is 4.79 Å². The summed E-state index contributed by atoms with van der Waals surface area (Å²) in [6.45, 7) is 2.10. The zero-order valence-electron chi connectivity index (χ0n) is 9.13. The molecule has 0 fully saturated rings. The minimum Gasteiger partial charge on any atom is -0.300 e. The molecule has 1 aromatic rings. The Morgan fingerprint density at radius 3 is 2.67 bits per heavy atom. The molecule has 1 nitrogen and oxygen atoms in total. The Labute approximate surface area is 100 Å². The van der Waals surface area contributed by atoms with Crippen molar-refractivity contribution in [1.82, 2.24) is 0 Å². The first-order chi connectivity index (χ1) is 7.24. The molecule has 0 saturated carbocycles. The third-order valence-corrected chi connectivity index (χ3v) is 3.08. The van der Waals surface area contributed by atoms with Gasteiger partial charge in [-0.1, -0.05) is 40.2 Å². The summed E-state index contributed by atoms with van der Waals surface area (Å²) in [5.74, 6) is 0.373. The Morgan fingerprint density at radius 2 is 2.00 bits per heavy atom. The number of carbonyl (C=O) groups excluding carboxylic acids is 1. The summed E-state index contributed by atoms with van der Waals surface area (Å²) < 4.78 is 0. The lowest BCUT2D eigenvalue weighted by Gasteiger charge is -2.04. The predicted molar refractivity (Wildman–Crippen MR) is 67.5 cm³/mol. The van der Waals surface area contributed by atoms with E-state index in [2.05, 4.69) is 35.0 Å². The van der Waals surface area contributed by atoms with E-state index in [0.717, 1.165) is 18.2 Å². The molecule has 0 saturated heterocycles. The summed E-state index contributed by atoms with van der Waals surface area (Å²) >= 11 is 3.33. The molecule has 0 heterocycles. The van der Waals surface area contributed by atoms with E-state index in [1.165, 1.54) is 11.1 Å². The molecule has 0 bridgehead atoms. The van der Waals surface area contributed by atoms with Crippen molar-refractivity contribution in [2.45, 2.75) is 32.6 Å². The molecule has 82 valence electrons. The maximum atomic E-state index is 11.5. The topological polar surface area (TPSA) is 17.1 Å². The van der Waals surface area contributed by atoms with Gasteiger partial charge in [0, 0.05) is 18.2 Å². The standard InChI is InChI=1S/C13H17BrO/c1-11-5-2-3-6-12(11)8-9-13(15)7-4-10-14/h2-3,5-6H,4,7-10H2,1H3. The molecule has 0 aromatic heterocycles. The average Bonchev–Trinajstić information content (AvgIpc) is 2.25. The third-order valence-electron chi connectivity index (χ3n) is 2.52. The van der Waals surface area contributed by atoms with Gasteiger partial charge in [-0.05, 0) is 30.9 Å². The number of Topliss-reactive ketones (excluding diaryl/α,β-unsaturated/α-hetero) is 1. The molecule has 0 aliphatic rings. The van der Waals surface area contributed by atoms with E-state index < -0.39 is 0 Å². The summed E-state index contributed by atoms with van der Waals surface area (Å²) in [5.41, 5.74) is 2.58. The molecular formula is C13H17BrO. The number of ketones is 1. The highest BCUT2D eigenvalue weighted by Crippen LogP contribution is 2.10. The van der Waals surface area contributed by atoms with Gasteiger partial charge in [-0.25, -0.2) is 0 Å². The van der Waals surface area contributed by atoms with Crippen molar-refractivity contribution >= 4 is 21.7 Å². The largest absolute Gasteiger partial charge is 0.300 e. The molecule has 15 heavy (non-hydrogen) atoms. The molecule has 0 unspecified atom stereocenters. The average molecular weight is 269 g/mol. The van der Waals surface area contributed by atoms with Crippen molar-refractivity contribution in [3.8, 4) is 0 Å². The van der Waals surface area contributed by atoms with Gasteiger partial charge < -0.3 is 0 Å². The Balaban J connectivity index is 2.37. The zero-order chi connectivity index (χ0) is 11.1. The van der Waals surface area contributed by atoms with Crippen LogP contribution in [0.3, 0.4) is 0 Å². The van der Waals surface area contributed by atoms with E-state index >= 15 is 0 Å². The van der Waals surface area contributed by atoms with Gasteiger partial charge in [0.2, 0.25) is 0 Å². The van der Waals surface area contributed by atoms with Crippen molar-refractivity contribution in [2.75, 3.05) is 5.33 Å². The van der Waals surface area contributed by atoms with Gasteiger partial charge in [0.05, 0.1) is 0 Å². The van der Waals surface area contributed by atoms with Gasteiger partial charge in [-0.15, -0.1) is 0 Å². The number of aryl methyl sites for hydroxylation is 2. The van der Waals surface area contributed by atoms with Crippen LogP contribution in [-0.2, 0) is 11.2 Å². The molecule has 0 N–H and O–H groups in total. The summed E-state index contributed by atoms with van der Waals surface area (Å²) in [4.78, 5) is 11.5. The zero-order valence-corrected chi connectivity index (χ0v) is 10.7. The number of hydrogen-bond donors (Lipinski definition) is 0. The Morgan fingerprint density at radius 1 is 1.27 bits per heavy atom. The van der Waals surface area contributed by atoms with E-state index in [4.69, 9.17) is 0 Å².